The molecule has 2 heteroatoms. The Bertz CT molecular complexity index is 879. The molecule has 180 valence electrons. The zero-order chi connectivity index (χ0) is 23.5. The monoisotopic (exact) mass is 440 g/mol. The van der Waals surface area contributed by atoms with Gasteiger partial charge in [0, 0.05) is 0 Å². The van der Waals surface area contributed by atoms with Crippen LogP contribution in [0.5, 0.6) is 0 Å². The molecule has 2 N–H and O–H groups in total. The highest BCUT2D eigenvalue weighted by Gasteiger charge is 2.66. The second-order valence-corrected chi connectivity index (χ2v) is 15.0. The Morgan fingerprint density at radius 3 is 2.09 bits per heavy atom. The Kier molecular flexibility index (Phi) is 4.73. The SMILES string of the molecule is CC1(C)CC[C@]2(C)CC[C@]3(C)C(=CC=C4[C@@]5(C)C[C@@H](O)[C@H](O)C(C)(C)[C@@H]5CC[C@]43C)[C@@H]2C1. The lowest BCUT2D eigenvalue weighted by atomic mass is 9.36. The highest BCUT2D eigenvalue weighted by Crippen LogP contribution is 2.74. The lowest BCUT2D eigenvalue weighted by molar-refractivity contribution is -0.173. The van der Waals surface area contributed by atoms with E-state index in [1.54, 1.807) is 11.1 Å². The van der Waals surface area contributed by atoms with E-state index in [4.69, 9.17) is 0 Å². The van der Waals surface area contributed by atoms with Gasteiger partial charge in [-0.3, -0.25) is 0 Å². The van der Waals surface area contributed by atoms with E-state index in [9.17, 15) is 10.2 Å². The first-order chi connectivity index (χ1) is 14.6. The van der Waals surface area contributed by atoms with E-state index in [0.29, 0.717) is 29.1 Å². The highest BCUT2D eigenvalue weighted by atomic mass is 16.3. The number of aliphatic hydroxyl groups excluding tert-OH is 2. The van der Waals surface area contributed by atoms with Gasteiger partial charge in [-0.2, -0.15) is 0 Å². The van der Waals surface area contributed by atoms with Crippen molar-refractivity contribution in [3.8, 4) is 0 Å². The molecule has 5 aliphatic rings. The number of fused-ring (bicyclic) bond motifs is 7. The van der Waals surface area contributed by atoms with Crippen LogP contribution < -0.4 is 0 Å². The van der Waals surface area contributed by atoms with E-state index >= 15 is 0 Å². The van der Waals surface area contributed by atoms with Crippen molar-refractivity contribution in [2.75, 3.05) is 0 Å². The Morgan fingerprint density at radius 1 is 0.750 bits per heavy atom. The molecule has 0 aromatic rings. The maximum Gasteiger partial charge on any atom is 0.0853 e. The van der Waals surface area contributed by atoms with Gasteiger partial charge < -0.3 is 10.2 Å². The molecule has 4 saturated carbocycles. The number of hydrogen-bond acceptors (Lipinski definition) is 2. The summed E-state index contributed by atoms with van der Waals surface area (Å²) in [5.74, 6) is 1.11. The van der Waals surface area contributed by atoms with Gasteiger partial charge in [0.1, 0.15) is 0 Å². The maximum absolute atomic E-state index is 10.9. The van der Waals surface area contributed by atoms with Gasteiger partial charge in [0.25, 0.3) is 0 Å². The zero-order valence-electron chi connectivity index (χ0n) is 22.0. The van der Waals surface area contributed by atoms with E-state index in [1.807, 2.05) is 0 Å². The number of aliphatic hydroxyl groups is 2. The number of allylic oxidation sites excluding steroid dienone is 4. The van der Waals surface area contributed by atoms with Gasteiger partial charge in [-0.1, -0.05) is 78.7 Å². The lowest BCUT2D eigenvalue weighted by Crippen LogP contribution is -2.63. The molecule has 32 heavy (non-hydrogen) atoms. The largest absolute Gasteiger partial charge is 0.390 e. The minimum Gasteiger partial charge on any atom is -0.390 e. The Balaban J connectivity index is 1.64. The summed E-state index contributed by atoms with van der Waals surface area (Å²) in [5.41, 5.74) is 4.23. The molecule has 8 atom stereocenters. The van der Waals surface area contributed by atoms with Crippen LogP contribution in [0.25, 0.3) is 0 Å². The summed E-state index contributed by atoms with van der Waals surface area (Å²) in [6, 6.07) is 0. The van der Waals surface area contributed by atoms with Gasteiger partial charge in [0.15, 0.2) is 0 Å². The molecular formula is C30H48O2. The molecule has 0 bridgehead atoms. The summed E-state index contributed by atoms with van der Waals surface area (Å²) >= 11 is 0. The Morgan fingerprint density at radius 2 is 1.41 bits per heavy atom. The number of hydrogen-bond donors (Lipinski definition) is 2. The molecule has 4 fully saturated rings. The van der Waals surface area contributed by atoms with Crippen LogP contribution in [-0.2, 0) is 0 Å². The van der Waals surface area contributed by atoms with Crippen LogP contribution in [0.15, 0.2) is 23.3 Å². The molecule has 5 aliphatic carbocycles. The summed E-state index contributed by atoms with van der Waals surface area (Å²) in [6.45, 7) is 19.5. The second-order valence-electron chi connectivity index (χ2n) is 15.0. The average Bonchev–Trinajstić information content (AvgIpc) is 2.68. The summed E-state index contributed by atoms with van der Waals surface area (Å²) in [6.07, 6.45) is 13.5. The lowest BCUT2D eigenvalue weighted by Gasteiger charge is -2.69. The summed E-state index contributed by atoms with van der Waals surface area (Å²) in [5, 5.41) is 21.8. The minimum atomic E-state index is -0.638. The maximum atomic E-state index is 10.9. The van der Waals surface area contributed by atoms with Crippen LogP contribution in [-0.4, -0.2) is 22.4 Å². The molecule has 0 heterocycles. The molecule has 0 aromatic carbocycles. The minimum absolute atomic E-state index is 0.0488. The Labute approximate surface area is 197 Å². The molecule has 0 aliphatic heterocycles. The molecule has 0 radical (unpaired) electrons. The van der Waals surface area contributed by atoms with Crippen molar-refractivity contribution in [1.29, 1.82) is 0 Å². The molecule has 5 rings (SSSR count). The molecule has 0 aromatic heterocycles. The van der Waals surface area contributed by atoms with Gasteiger partial charge in [-0.15, -0.1) is 0 Å². The van der Waals surface area contributed by atoms with Gasteiger partial charge in [0.2, 0.25) is 0 Å². The molecule has 2 nitrogen and oxygen atoms in total. The molecule has 0 saturated heterocycles. The second kappa shape index (κ2) is 6.54. The van der Waals surface area contributed by atoms with Crippen LogP contribution in [0.1, 0.15) is 107 Å². The molecule has 0 spiro atoms. The summed E-state index contributed by atoms with van der Waals surface area (Å²) in [7, 11) is 0. The molecule has 0 amide bonds. The predicted octanol–water partition coefficient (Wildman–Crippen LogP) is 7.06. The van der Waals surface area contributed by atoms with Crippen molar-refractivity contribution in [2.45, 2.75) is 119 Å². The van der Waals surface area contributed by atoms with Crippen molar-refractivity contribution in [1.82, 2.24) is 0 Å². The van der Waals surface area contributed by atoms with Crippen molar-refractivity contribution in [3.63, 3.8) is 0 Å². The smallest absolute Gasteiger partial charge is 0.0853 e. The zero-order valence-corrected chi connectivity index (χ0v) is 22.0. The first kappa shape index (κ1) is 23.2. The van der Waals surface area contributed by atoms with Crippen LogP contribution >= 0.6 is 0 Å². The van der Waals surface area contributed by atoms with Gasteiger partial charge in [-0.25, -0.2) is 0 Å². The normalized spacial score (nSPS) is 53.7. The van der Waals surface area contributed by atoms with Crippen molar-refractivity contribution >= 4 is 0 Å². The quantitative estimate of drug-likeness (QED) is 0.423. The third kappa shape index (κ3) is 2.72. The topological polar surface area (TPSA) is 40.5 Å². The van der Waals surface area contributed by atoms with Gasteiger partial charge >= 0.3 is 0 Å². The summed E-state index contributed by atoms with van der Waals surface area (Å²) < 4.78 is 0. The van der Waals surface area contributed by atoms with E-state index < -0.39 is 12.2 Å². The third-order valence-electron chi connectivity index (χ3n) is 12.4. The highest BCUT2D eigenvalue weighted by molar-refractivity contribution is 5.45. The molecule has 0 unspecified atom stereocenters. The summed E-state index contributed by atoms with van der Waals surface area (Å²) in [4.78, 5) is 0. The Hall–Kier alpha value is -0.600. The van der Waals surface area contributed by atoms with E-state index in [1.165, 1.54) is 38.5 Å². The van der Waals surface area contributed by atoms with Crippen molar-refractivity contribution in [3.05, 3.63) is 23.3 Å². The fourth-order valence-corrected chi connectivity index (χ4v) is 9.96. The fourth-order valence-electron chi connectivity index (χ4n) is 9.96. The standard InChI is InChI=1S/C30H48O2/c1-25(2)13-14-27(5)15-16-29(7)19(20(27)17-25)9-10-23-28(6)18-21(31)24(32)26(3,4)22(28)11-12-30(23,29)8/h9-10,20-22,24,31-32H,11-18H2,1-8H3/t20-,21+,22-,24-,27+,28-,29+,30+/m0/s1. The molecular weight excluding hydrogens is 392 g/mol. The van der Waals surface area contributed by atoms with E-state index in [2.05, 4.69) is 67.5 Å². The fraction of sp³-hybridized carbons (Fsp3) is 0.867. The van der Waals surface area contributed by atoms with Crippen LogP contribution in [0.3, 0.4) is 0 Å². The predicted molar refractivity (Wildman–Crippen MR) is 132 cm³/mol. The van der Waals surface area contributed by atoms with Crippen LogP contribution in [0, 0.1) is 44.3 Å². The van der Waals surface area contributed by atoms with Gasteiger partial charge in [-0.05, 0) is 95.7 Å². The number of rotatable bonds is 0. The van der Waals surface area contributed by atoms with E-state index in [-0.39, 0.29) is 21.7 Å². The first-order valence-electron chi connectivity index (χ1n) is 13.4. The van der Waals surface area contributed by atoms with E-state index in [0.717, 1.165) is 6.42 Å². The van der Waals surface area contributed by atoms with Crippen LogP contribution in [0.2, 0.25) is 0 Å². The first-order valence-corrected chi connectivity index (χ1v) is 13.4. The van der Waals surface area contributed by atoms with Gasteiger partial charge in [0.05, 0.1) is 12.2 Å². The third-order valence-corrected chi connectivity index (χ3v) is 12.4. The van der Waals surface area contributed by atoms with Crippen molar-refractivity contribution < 1.29 is 10.2 Å². The van der Waals surface area contributed by atoms with Crippen LogP contribution in [0.4, 0.5) is 0 Å². The average molecular weight is 441 g/mol. The van der Waals surface area contributed by atoms with Crippen molar-refractivity contribution in [2.24, 2.45) is 44.3 Å².